The molecule has 0 spiro atoms. The second-order valence-electron chi connectivity index (χ2n) is 7.62. The van der Waals surface area contributed by atoms with Gasteiger partial charge < -0.3 is 14.4 Å². The zero-order valence-electron chi connectivity index (χ0n) is 16.4. The van der Waals surface area contributed by atoms with Crippen LogP contribution in [-0.4, -0.2) is 59.1 Å². The fourth-order valence-electron chi connectivity index (χ4n) is 4.31. The molecule has 4 rings (SSSR count). The molecule has 1 amide bonds. The summed E-state index contributed by atoms with van der Waals surface area (Å²) in [4.78, 5) is 21.1. The first-order chi connectivity index (χ1) is 13.4. The van der Waals surface area contributed by atoms with Gasteiger partial charge in [-0.05, 0) is 44.3 Å². The Bertz CT molecular complexity index is 999. The Labute approximate surface area is 164 Å². The molecule has 1 saturated heterocycles. The van der Waals surface area contributed by atoms with Gasteiger partial charge in [0, 0.05) is 25.6 Å². The van der Waals surface area contributed by atoms with E-state index in [1.165, 1.54) is 0 Å². The van der Waals surface area contributed by atoms with E-state index in [0.29, 0.717) is 30.0 Å². The van der Waals surface area contributed by atoms with E-state index in [-0.39, 0.29) is 12.5 Å². The predicted molar refractivity (Wildman–Crippen MR) is 107 cm³/mol. The zero-order chi connectivity index (χ0) is 19.9. The summed E-state index contributed by atoms with van der Waals surface area (Å²) in [5.41, 5.74) is 2.45. The van der Waals surface area contributed by atoms with Gasteiger partial charge in [0.2, 0.25) is 0 Å². The van der Waals surface area contributed by atoms with Crippen molar-refractivity contribution in [3.8, 4) is 0 Å². The van der Waals surface area contributed by atoms with E-state index in [9.17, 15) is 9.90 Å². The van der Waals surface area contributed by atoms with Crippen molar-refractivity contribution in [3.63, 3.8) is 0 Å². The van der Waals surface area contributed by atoms with Crippen LogP contribution in [0.2, 0.25) is 0 Å². The summed E-state index contributed by atoms with van der Waals surface area (Å²) in [6, 6.07) is 15.3. The van der Waals surface area contributed by atoms with Crippen LogP contribution in [0.25, 0.3) is 11.1 Å². The number of aryl methyl sites for hydroxylation is 1. The number of carbonyl (C=O) groups excluding carboxylic acids is 1. The number of aliphatic hydroxyl groups is 1. The number of likely N-dealkylation sites (N-methyl/N-ethyl adjacent to an activating group) is 1. The van der Waals surface area contributed by atoms with Gasteiger partial charge in [0.15, 0.2) is 11.5 Å². The highest BCUT2D eigenvalue weighted by atomic mass is 16.3. The van der Waals surface area contributed by atoms with Crippen molar-refractivity contribution < 1.29 is 14.3 Å². The monoisotopic (exact) mass is 379 g/mol. The molecule has 6 heteroatoms. The molecule has 0 aliphatic carbocycles. The Balaban J connectivity index is 1.59. The third-order valence-electron chi connectivity index (χ3n) is 5.81. The van der Waals surface area contributed by atoms with Crippen molar-refractivity contribution in [2.45, 2.75) is 25.0 Å². The van der Waals surface area contributed by atoms with E-state index in [2.05, 4.69) is 9.88 Å². The number of aliphatic hydroxyl groups excluding tert-OH is 1. The maximum Gasteiger partial charge on any atom is 0.254 e. The van der Waals surface area contributed by atoms with Crippen LogP contribution in [0.4, 0.5) is 0 Å². The summed E-state index contributed by atoms with van der Waals surface area (Å²) in [7, 11) is 3.96. The maximum atomic E-state index is 13.1. The Morgan fingerprint density at radius 2 is 2.00 bits per heavy atom. The third-order valence-corrected chi connectivity index (χ3v) is 5.81. The molecule has 2 atom stereocenters. The Morgan fingerprint density at radius 3 is 2.68 bits per heavy atom. The van der Waals surface area contributed by atoms with Crippen molar-refractivity contribution in [1.29, 1.82) is 0 Å². The summed E-state index contributed by atoms with van der Waals surface area (Å²) in [6.07, 6.45) is -0.0422. The minimum atomic E-state index is -0.696. The molecular formula is C22H25N3O3. The Morgan fingerprint density at radius 1 is 1.25 bits per heavy atom. The Hall–Kier alpha value is -2.70. The second-order valence-corrected chi connectivity index (χ2v) is 7.62. The summed E-state index contributed by atoms with van der Waals surface area (Å²) >= 11 is 0. The topological polar surface area (TPSA) is 69.8 Å². The predicted octanol–water partition coefficient (Wildman–Crippen LogP) is 2.80. The lowest BCUT2D eigenvalue weighted by Gasteiger charge is -2.49. The first kappa shape index (κ1) is 18.7. The van der Waals surface area contributed by atoms with Crippen LogP contribution in [-0.2, 0) is 5.54 Å². The zero-order valence-corrected chi connectivity index (χ0v) is 16.4. The molecule has 146 valence electrons. The number of rotatable bonds is 3. The summed E-state index contributed by atoms with van der Waals surface area (Å²) in [5.74, 6) is 0.474. The number of hydrogen-bond donors (Lipinski definition) is 1. The molecule has 6 nitrogen and oxygen atoms in total. The molecule has 3 aromatic rings. The van der Waals surface area contributed by atoms with Gasteiger partial charge in [-0.2, -0.15) is 0 Å². The first-order valence-electron chi connectivity index (χ1n) is 9.49. The first-order valence-corrected chi connectivity index (χ1v) is 9.49. The van der Waals surface area contributed by atoms with Crippen LogP contribution < -0.4 is 0 Å². The van der Waals surface area contributed by atoms with Crippen molar-refractivity contribution in [2.75, 3.05) is 27.2 Å². The number of hydrogen-bond acceptors (Lipinski definition) is 5. The number of β-amino-alcohol motifs (C(OH)–C–C–N with tert-alkyl or cyclic N) is 1. The number of nitrogens with zero attached hydrogens (tertiary/aromatic N) is 3. The van der Waals surface area contributed by atoms with Gasteiger partial charge in [0.05, 0.1) is 11.6 Å². The third kappa shape index (κ3) is 2.99. The molecule has 1 N–H and O–H groups in total. The van der Waals surface area contributed by atoms with Gasteiger partial charge in [-0.25, -0.2) is 4.98 Å². The van der Waals surface area contributed by atoms with Crippen molar-refractivity contribution in [2.24, 2.45) is 0 Å². The number of oxazole rings is 1. The lowest BCUT2D eigenvalue weighted by Crippen LogP contribution is -2.60. The molecule has 28 heavy (non-hydrogen) atoms. The molecule has 1 aliphatic heterocycles. The lowest BCUT2D eigenvalue weighted by molar-refractivity contribution is -0.0612. The molecule has 2 heterocycles. The largest absolute Gasteiger partial charge is 0.441 e. The molecular weight excluding hydrogens is 354 g/mol. The summed E-state index contributed by atoms with van der Waals surface area (Å²) in [5, 5.41) is 11.1. The molecule has 0 bridgehead atoms. The van der Waals surface area contributed by atoms with E-state index in [4.69, 9.17) is 4.42 Å². The summed E-state index contributed by atoms with van der Waals surface area (Å²) in [6.45, 7) is 2.63. The lowest BCUT2D eigenvalue weighted by atomic mass is 9.77. The van der Waals surface area contributed by atoms with Crippen molar-refractivity contribution >= 4 is 17.0 Å². The average molecular weight is 379 g/mol. The number of aromatic nitrogens is 1. The maximum absolute atomic E-state index is 13.1. The minimum absolute atomic E-state index is 0.101. The van der Waals surface area contributed by atoms with Gasteiger partial charge in [-0.15, -0.1) is 0 Å². The molecule has 0 unspecified atom stereocenters. The van der Waals surface area contributed by atoms with Crippen molar-refractivity contribution in [3.05, 3.63) is 65.5 Å². The van der Waals surface area contributed by atoms with E-state index < -0.39 is 11.6 Å². The van der Waals surface area contributed by atoms with Crippen LogP contribution in [0.3, 0.4) is 0 Å². The number of amides is 1. The quantitative estimate of drug-likeness (QED) is 0.758. The average Bonchev–Trinajstić information content (AvgIpc) is 3.07. The molecule has 1 aliphatic rings. The number of carbonyl (C=O) groups is 1. The van der Waals surface area contributed by atoms with Crippen LogP contribution in [0.5, 0.6) is 0 Å². The highest BCUT2D eigenvalue weighted by molar-refractivity contribution is 5.97. The highest BCUT2D eigenvalue weighted by Crippen LogP contribution is 2.38. The summed E-state index contributed by atoms with van der Waals surface area (Å²) < 4.78 is 5.55. The number of likely N-dealkylation sites (tertiary alicyclic amines) is 1. The number of piperidine rings is 1. The van der Waals surface area contributed by atoms with Crippen molar-refractivity contribution in [1.82, 2.24) is 14.8 Å². The van der Waals surface area contributed by atoms with Crippen LogP contribution in [0.1, 0.15) is 28.2 Å². The standard InChI is InChI=1S/C22H25N3O3/c1-15-23-18-10-9-16(13-19(18)28-15)21(27)25-12-11-22(24(2)3,20(26)14-25)17-7-5-4-6-8-17/h4-10,13,20,26H,11-12,14H2,1-3H3/t20-,22+/m1/s1. The number of fused-ring (bicyclic) bond motifs is 1. The second kappa shape index (κ2) is 7.04. The van der Waals surface area contributed by atoms with E-state index >= 15 is 0 Å². The fraction of sp³-hybridized carbons (Fsp3) is 0.364. The van der Waals surface area contributed by atoms with Gasteiger partial charge in [-0.1, -0.05) is 30.3 Å². The van der Waals surface area contributed by atoms with Gasteiger partial charge in [0.25, 0.3) is 5.91 Å². The van der Waals surface area contributed by atoms with Crippen LogP contribution in [0.15, 0.2) is 52.9 Å². The smallest absolute Gasteiger partial charge is 0.254 e. The van der Waals surface area contributed by atoms with Crippen LogP contribution in [0, 0.1) is 6.92 Å². The minimum Gasteiger partial charge on any atom is -0.441 e. The van der Waals surface area contributed by atoms with Gasteiger partial charge in [-0.3, -0.25) is 9.69 Å². The molecule has 1 fully saturated rings. The molecule has 1 aromatic heterocycles. The molecule has 0 radical (unpaired) electrons. The molecule has 2 aromatic carbocycles. The van der Waals surface area contributed by atoms with Crippen LogP contribution >= 0.6 is 0 Å². The van der Waals surface area contributed by atoms with E-state index in [0.717, 1.165) is 11.1 Å². The van der Waals surface area contributed by atoms with E-state index in [1.807, 2.05) is 44.4 Å². The van der Waals surface area contributed by atoms with Gasteiger partial charge in [0.1, 0.15) is 5.52 Å². The number of benzene rings is 2. The Kier molecular flexibility index (Phi) is 4.69. The SMILES string of the molecule is Cc1nc2ccc(C(=O)N3CC[C@@](c4ccccc4)(N(C)C)[C@H](O)C3)cc2o1. The molecule has 0 saturated carbocycles. The fourth-order valence-corrected chi connectivity index (χ4v) is 4.31. The highest BCUT2D eigenvalue weighted by Gasteiger charge is 2.46. The van der Waals surface area contributed by atoms with Gasteiger partial charge >= 0.3 is 0 Å². The normalized spacial score (nSPS) is 22.8. The van der Waals surface area contributed by atoms with E-state index in [1.54, 1.807) is 30.0 Å².